The largest absolute Gasteiger partial charge is 0.493 e. The molecule has 0 fully saturated rings. The molecule has 0 spiro atoms. The van der Waals surface area contributed by atoms with Gasteiger partial charge in [-0.1, -0.05) is 35.7 Å². The van der Waals surface area contributed by atoms with Gasteiger partial charge >= 0.3 is 0 Å². The Kier molecular flexibility index (Phi) is 5.85. The van der Waals surface area contributed by atoms with Crippen molar-refractivity contribution in [3.05, 3.63) is 28.2 Å². The minimum atomic E-state index is -0.00123. The maximum absolute atomic E-state index is 5.91. The van der Waals surface area contributed by atoms with Crippen LogP contribution in [0.25, 0.3) is 0 Å². The maximum Gasteiger partial charge on any atom is 0.124 e. The zero-order chi connectivity index (χ0) is 12.0. The van der Waals surface area contributed by atoms with E-state index in [0.29, 0.717) is 0 Å². The zero-order valence-corrected chi connectivity index (χ0v) is 11.6. The molecule has 90 valence electrons. The summed E-state index contributed by atoms with van der Waals surface area (Å²) in [5, 5.41) is 0. The molecule has 3 heteroatoms. The second kappa shape index (κ2) is 6.92. The van der Waals surface area contributed by atoms with E-state index in [2.05, 4.69) is 22.9 Å². The van der Waals surface area contributed by atoms with E-state index in [1.807, 2.05) is 25.1 Å². The molecule has 0 saturated heterocycles. The second-order valence-corrected chi connectivity index (χ2v) is 4.94. The van der Waals surface area contributed by atoms with Crippen molar-refractivity contribution in [2.24, 2.45) is 5.73 Å². The van der Waals surface area contributed by atoms with Gasteiger partial charge in [0, 0.05) is 16.1 Å². The Bertz CT molecular complexity index is 326. The van der Waals surface area contributed by atoms with Crippen molar-refractivity contribution in [1.82, 2.24) is 0 Å². The number of halogens is 1. The number of ether oxygens (including phenoxy) is 1. The highest BCUT2D eigenvalue weighted by atomic mass is 79.9. The quantitative estimate of drug-likeness (QED) is 0.801. The van der Waals surface area contributed by atoms with E-state index in [0.717, 1.165) is 28.8 Å². The minimum absolute atomic E-state index is 0.00123. The van der Waals surface area contributed by atoms with Crippen molar-refractivity contribution in [1.29, 1.82) is 0 Å². The van der Waals surface area contributed by atoms with Crippen LogP contribution in [0.2, 0.25) is 0 Å². The third-order valence-corrected chi connectivity index (χ3v) is 2.96. The normalized spacial score (nSPS) is 12.5. The van der Waals surface area contributed by atoms with Gasteiger partial charge in [0.05, 0.1) is 6.61 Å². The molecule has 0 aliphatic heterocycles. The molecule has 1 atom stereocenters. The van der Waals surface area contributed by atoms with Gasteiger partial charge in [-0.2, -0.15) is 0 Å². The first-order valence-electron chi connectivity index (χ1n) is 5.83. The average Bonchev–Trinajstić information content (AvgIpc) is 2.26. The molecule has 0 bridgehead atoms. The number of rotatable bonds is 6. The fraction of sp³-hybridized carbons (Fsp3) is 0.538. The molecule has 0 amide bonds. The summed E-state index contributed by atoms with van der Waals surface area (Å²) < 4.78 is 6.80. The fourth-order valence-corrected chi connectivity index (χ4v) is 1.92. The van der Waals surface area contributed by atoms with Crippen LogP contribution in [0.15, 0.2) is 22.7 Å². The second-order valence-electron chi connectivity index (χ2n) is 4.03. The topological polar surface area (TPSA) is 35.2 Å². The van der Waals surface area contributed by atoms with E-state index in [1.165, 1.54) is 12.8 Å². The van der Waals surface area contributed by atoms with Crippen molar-refractivity contribution in [3.8, 4) is 5.75 Å². The van der Waals surface area contributed by atoms with Crippen LogP contribution in [0.3, 0.4) is 0 Å². The van der Waals surface area contributed by atoms with Crippen LogP contribution in [0.1, 0.15) is 44.7 Å². The molecule has 1 rings (SSSR count). The molecule has 1 aromatic rings. The van der Waals surface area contributed by atoms with Crippen LogP contribution in [0, 0.1) is 0 Å². The van der Waals surface area contributed by atoms with Gasteiger partial charge < -0.3 is 10.5 Å². The van der Waals surface area contributed by atoms with E-state index in [1.54, 1.807) is 0 Å². The summed E-state index contributed by atoms with van der Waals surface area (Å²) in [6.45, 7) is 4.93. The van der Waals surface area contributed by atoms with Gasteiger partial charge in [0.15, 0.2) is 0 Å². The lowest BCUT2D eigenvalue weighted by molar-refractivity contribution is 0.302. The summed E-state index contributed by atoms with van der Waals surface area (Å²) in [6, 6.07) is 5.99. The standard InChI is InChI=1S/C13H20BrNO/c1-3-4-5-8-16-13-7-6-11(14)9-12(13)10(2)15/h6-7,9-10H,3-5,8,15H2,1-2H3/t10-/m1/s1. The molecule has 0 saturated carbocycles. The summed E-state index contributed by atoms with van der Waals surface area (Å²) in [6.07, 6.45) is 3.53. The van der Waals surface area contributed by atoms with E-state index >= 15 is 0 Å². The third-order valence-electron chi connectivity index (χ3n) is 2.47. The summed E-state index contributed by atoms with van der Waals surface area (Å²) >= 11 is 3.45. The molecule has 2 N–H and O–H groups in total. The number of unbranched alkanes of at least 4 members (excludes halogenated alkanes) is 2. The van der Waals surface area contributed by atoms with Gasteiger partial charge in [0.2, 0.25) is 0 Å². The summed E-state index contributed by atoms with van der Waals surface area (Å²) in [5.41, 5.74) is 6.97. The number of benzene rings is 1. The number of nitrogens with two attached hydrogens (primary N) is 1. The van der Waals surface area contributed by atoms with Gasteiger partial charge in [-0.05, 0) is 31.5 Å². The van der Waals surface area contributed by atoms with Crippen molar-refractivity contribution in [3.63, 3.8) is 0 Å². The van der Waals surface area contributed by atoms with Gasteiger partial charge in [-0.25, -0.2) is 0 Å². The van der Waals surface area contributed by atoms with E-state index in [4.69, 9.17) is 10.5 Å². The van der Waals surface area contributed by atoms with E-state index in [-0.39, 0.29) is 6.04 Å². The fourth-order valence-electron chi connectivity index (χ4n) is 1.54. The van der Waals surface area contributed by atoms with Gasteiger partial charge in [-0.3, -0.25) is 0 Å². The Hall–Kier alpha value is -0.540. The van der Waals surface area contributed by atoms with Crippen LogP contribution < -0.4 is 10.5 Å². The molecule has 2 nitrogen and oxygen atoms in total. The first-order chi connectivity index (χ1) is 7.65. The predicted molar refractivity (Wildman–Crippen MR) is 71.8 cm³/mol. The molecule has 0 aromatic heterocycles. The molecule has 0 unspecified atom stereocenters. The third kappa shape index (κ3) is 4.14. The monoisotopic (exact) mass is 285 g/mol. The summed E-state index contributed by atoms with van der Waals surface area (Å²) in [4.78, 5) is 0. The highest BCUT2D eigenvalue weighted by molar-refractivity contribution is 9.10. The molecule has 0 heterocycles. The number of hydrogen-bond acceptors (Lipinski definition) is 2. The lowest BCUT2D eigenvalue weighted by Gasteiger charge is -2.14. The van der Waals surface area contributed by atoms with Crippen molar-refractivity contribution in [2.45, 2.75) is 39.2 Å². The minimum Gasteiger partial charge on any atom is -0.493 e. The molecular formula is C13H20BrNO. The summed E-state index contributed by atoms with van der Waals surface area (Å²) in [5.74, 6) is 0.911. The predicted octanol–water partition coefficient (Wildman–Crippen LogP) is 4.04. The highest BCUT2D eigenvalue weighted by Gasteiger charge is 2.08. The Labute approximate surface area is 106 Å². The lowest BCUT2D eigenvalue weighted by atomic mass is 10.1. The van der Waals surface area contributed by atoms with Crippen LogP contribution in [-0.2, 0) is 0 Å². The van der Waals surface area contributed by atoms with E-state index < -0.39 is 0 Å². The Morgan fingerprint density at radius 2 is 2.12 bits per heavy atom. The van der Waals surface area contributed by atoms with Crippen LogP contribution >= 0.6 is 15.9 Å². The van der Waals surface area contributed by atoms with Crippen LogP contribution in [-0.4, -0.2) is 6.61 Å². The Morgan fingerprint density at radius 1 is 1.38 bits per heavy atom. The zero-order valence-electron chi connectivity index (χ0n) is 10.0. The highest BCUT2D eigenvalue weighted by Crippen LogP contribution is 2.27. The first-order valence-corrected chi connectivity index (χ1v) is 6.62. The van der Waals surface area contributed by atoms with Crippen LogP contribution in [0.4, 0.5) is 0 Å². The van der Waals surface area contributed by atoms with Crippen molar-refractivity contribution >= 4 is 15.9 Å². The molecule has 1 aromatic carbocycles. The molecular weight excluding hydrogens is 266 g/mol. The van der Waals surface area contributed by atoms with E-state index in [9.17, 15) is 0 Å². The number of hydrogen-bond donors (Lipinski definition) is 1. The average molecular weight is 286 g/mol. The molecule has 0 aliphatic carbocycles. The van der Waals surface area contributed by atoms with Gasteiger partial charge in [0.25, 0.3) is 0 Å². The molecule has 0 aliphatic rings. The van der Waals surface area contributed by atoms with Gasteiger partial charge in [0.1, 0.15) is 5.75 Å². The first kappa shape index (κ1) is 13.5. The van der Waals surface area contributed by atoms with Crippen molar-refractivity contribution in [2.75, 3.05) is 6.61 Å². The smallest absolute Gasteiger partial charge is 0.124 e. The lowest BCUT2D eigenvalue weighted by Crippen LogP contribution is -2.08. The SMILES string of the molecule is CCCCCOc1ccc(Br)cc1[C@@H](C)N. The van der Waals surface area contributed by atoms with Crippen molar-refractivity contribution < 1.29 is 4.74 Å². The molecule has 0 radical (unpaired) electrons. The van der Waals surface area contributed by atoms with Crippen LogP contribution in [0.5, 0.6) is 5.75 Å². The molecule has 16 heavy (non-hydrogen) atoms. The summed E-state index contributed by atoms with van der Waals surface area (Å²) in [7, 11) is 0. The Balaban J connectivity index is 2.64. The maximum atomic E-state index is 5.91. The Morgan fingerprint density at radius 3 is 2.75 bits per heavy atom. The van der Waals surface area contributed by atoms with Gasteiger partial charge in [-0.15, -0.1) is 0 Å².